The zero-order valence-corrected chi connectivity index (χ0v) is 10.7. The Kier molecular flexibility index (Phi) is 4.25. The lowest BCUT2D eigenvalue weighted by Crippen LogP contribution is -2.29. The van der Waals surface area contributed by atoms with Gasteiger partial charge in [0.15, 0.2) is 0 Å². The molecule has 6 nitrogen and oxygen atoms in total. The van der Waals surface area contributed by atoms with Crippen LogP contribution in [0.5, 0.6) is 0 Å². The maximum absolute atomic E-state index is 10.7. The van der Waals surface area contributed by atoms with Crippen molar-refractivity contribution in [2.24, 2.45) is 0 Å². The Morgan fingerprint density at radius 1 is 1.37 bits per heavy atom. The third kappa shape index (κ3) is 3.62. The number of carboxylic acid groups (broad SMARTS) is 1. The summed E-state index contributed by atoms with van der Waals surface area (Å²) in [4.78, 5) is 14.0. The highest BCUT2D eigenvalue weighted by Gasteiger charge is 2.10. The maximum Gasteiger partial charge on any atom is 0.317 e. The molecule has 0 bridgehead atoms. The summed E-state index contributed by atoms with van der Waals surface area (Å²) < 4.78 is 0. The third-order valence-electron chi connectivity index (χ3n) is 2.72. The molecule has 19 heavy (non-hydrogen) atoms. The Bertz CT molecular complexity index is 539. The highest BCUT2D eigenvalue weighted by molar-refractivity contribution is 5.69. The van der Waals surface area contributed by atoms with Crippen molar-refractivity contribution in [3.63, 3.8) is 0 Å². The van der Waals surface area contributed by atoms with E-state index in [1.54, 1.807) is 15.9 Å². The van der Waals surface area contributed by atoms with Crippen molar-refractivity contribution >= 4 is 5.97 Å². The molecule has 1 aromatic carbocycles. The Balaban J connectivity index is 2.07. The average molecular weight is 260 g/mol. The second-order valence-corrected chi connectivity index (χ2v) is 4.16. The summed E-state index contributed by atoms with van der Waals surface area (Å²) in [5.41, 5.74) is 1.64. The number of aliphatic carboxylic acids is 1. The summed E-state index contributed by atoms with van der Waals surface area (Å²) in [6.07, 6.45) is 1.66. The number of likely N-dealkylation sites (N-methyl/N-ethyl adjacent to an activating group) is 1. The van der Waals surface area contributed by atoms with E-state index in [1.165, 1.54) is 0 Å². The molecule has 0 amide bonds. The summed E-state index contributed by atoms with van der Waals surface area (Å²) in [6.45, 7) is 3.07. The first kappa shape index (κ1) is 13.2. The number of carboxylic acids is 1. The van der Waals surface area contributed by atoms with E-state index >= 15 is 0 Å². The molecule has 2 rings (SSSR count). The van der Waals surface area contributed by atoms with Gasteiger partial charge in [-0.15, -0.1) is 0 Å². The first-order chi connectivity index (χ1) is 9.19. The topological polar surface area (TPSA) is 71.2 Å². The summed E-state index contributed by atoms with van der Waals surface area (Å²) in [7, 11) is 0. The minimum absolute atomic E-state index is 0.00863. The minimum Gasteiger partial charge on any atom is -0.480 e. The van der Waals surface area contributed by atoms with Gasteiger partial charge in [-0.3, -0.25) is 9.69 Å². The molecule has 0 saturated carbocycles. The predicted octanol–water partition coefficient (Wildman–Crippen LogP) is 1.17. The van der Waals surface area contributed by atoms with E-state index in [-0.39, 0.29) is 6.54 Å². The summed E-state index contributed by atoms with van der Waals surface area (Å²) >= 11 is 0. The van der Waals surface area contributed by atoms with E-state index < -0.39 is 5.97 Å². The van der Waals surface area contributed by atoms with Crippen LogP contribution in [-0.2, 0) is 11.3 Å². The predicted molar refractivity (Wildman–Crippen MR) is 69.9 cm³/mol. The van der Waals surface area contributed by atoms with Crippen molar-refractivity contribution in [3.05, 3.63) is 42.2 Å². The van der Waals surface area contributed by atoms with Crippen LogP contribution in [0.4, 0.5) is 0 Å². The summed E-state index contributed by atoms with van der Waals surface area (Å²) in [6, 6.07) is 9.60. The fourth-order valence-corrected chi connectivity index (χ4v) is 1.75. The van der Waals surface area contributed by atoms with E-state index in [0.717, 1.165) is 11.4 Å². The molecule has 2 aromatic rings. The molecule has 1 heterocycles. The second-order valence-electron chi connectivity index (χ2n) is 4.16. The maximum atomic E-state index is 10.7. The van der Waals surface area contributed by atoms with Gasteiger partial charge >= 0.3 is 5.97 Å². The number of rotatable bonds is 6. The zero-order valence-electron chi connectivity index (χ0n) is 10.7. The van der Waals surface area contributed by atoms with E-state index in [9.17, 15) is 4.79 Å². The first-order valence-electron chi connectivity index (χ1n) is 6.10. The number of benzene rings is 1. The van der Waals surface area contributed by atoms with Crippen LogP contribution >= 0.6 is 0 Å². The van der Waals surface area contributed by atoms with Gasteiger partial charge in [0.25, 0.3) is 0 Å². The van der Waals surface area contributed by atoms with Crippen LogP contribution in [0.25, 0.3) is 5.69 Å². The zero-order chi connectivity index (χ0) is 13.7. The number of para-hydroxylation sites is 1. The molecule has 100 valence electrons. The van der Waals surface area contributed by atoms with Crippen molar-refractivity contribution < 1.29 is 9.90 Å². The van der Waals surface area contributed by atoms with E-state index in [4.69, 9.17) is 5.11 Å². The lowest BCUT2D eigenvalue weighted by Gasteiger charge is -2.15. The van der Waals surface area contributed by atoms with Crippen LogP contribution < -0.4 is 0 Å². The number of aromatic nitrogens is 3. The molecule has 0 fully saturated rings. The normalized spacial score (nSPS) is 10.8. The van der Waals surface area contributed by atoms with Crippen LogP contribution in [0.15, 0.2) is 36.5 Å². The minimum atomic E-state index is -0.836. The van der Waals surface area contributed by atoms with Gasteiger partial charge in [-0.1, -0.05) is 25.1 Å². The van der Waals surface area contributed by atoms with Crippen LogP contribution in [0.2, 0.25) is 0 Å². The van der Waals surface area contributed by atoms with E-state index in [0.29, 0.717) is 13.1 Å². The number of carbonyl (C=O) groups is 1. The van der Waals surface area contributed by atoms with Crippen molar-refractivity contribution in [2.75, 3.05) is 13.1 Å². The highest BCUT2D eigenvalue weighted by Crippen LogP contribution is 2.06. The molecular formula is C13H16N4O2. The van der Waals surface area contributed by atoms with Crippen LogP contribution in [0.1, 0.15) is 12.6 Å². The van der Waals surface area contributed by atoms with Gasteiger partial charge in [0.2, 0.25) is 0 Å². The average Bonchev–Trinajstić information content (AvgIpc) is 2.87. The smallest absolute Gasteiger partial charge is 0.317 e. The Hall–Kier alpha value is -2.21. The molecule has 0 unspecified atom stereocenters. The Morgan fingerprint density at radius 3 is 2.74 bits per heavy atom. The van der Waals surface area contributed by atoms with Crippen molar-refractivity contribution in [3.8, 4) is 5.69 Å². The molecule has 1 aromatic heterocycles. The first-order valence-corrected chi connectivity index (χ1v) is 6.10. The lowest BCUT2D eigenvalue weighted by atomic mass is 10.3. The Morgan fingerprint density at radius 2 is 2.11 bits per heavy atom. The van der Waals surface area contributed by atoms with Crippen molar-refractivity contribution in [2.45, 2.75) is 13.5 Å². The molecule has 0 radical (unpaired) electrons. The fraction of sp³-hybridized carbons (Fsp3) is 0.308. The van der Waals surface area contributed by atoms with Crippen molar-refractivity contribution in [1.82, 2.24) is 19.9 Å². The number of hydrogen-bond donors (Lipinski definition) is 1. The second kappa shape index (κ2) is 6.10. The molecule has 0 aliphatic carbocycles. The van der Waals surface area contributed by atoms with Crippen LogP contribution in [0, 0.1) is 0 Å². The van der Waals surface area contributed by atoms with Gasteiger partial charge in [0.1, 0.15) is 0 Å². The molecule has 0 aliphatic rings. The van der Waals surface area contributed by atoms with Crippen LogP contribution in [-0.4, -0.2) is 44.1 Å². The molecule has 6 heteroatoms. The summed E-state index contributed by atoms with van der Waals surface area (Å²) in [5.74, 6) is -0.836. The fourth-order valence-electron chi connectivity index (χ4n) is 1.75. The van der Waals surface area contributed by atoms with Gasteiger partial charge in [0, 0.05) is 6.54 Å². The molecule has 0 saturated heterocycles. The quantitative estimate of drug-likeness (QED) is 0.844. The SMILES string of the molecule is CCN(CC(=O)O)Cc1cnn(-c2ccccc2)n1. The van der Waals surface area contributed by atoms with Crippen molar-refractivity contribution in [1.29, 1.82) is 0 Å². The Labute approximate surface area is 111 Å². The molecular weight excluding hydrogens is 244 g/mol. The number of hydrogen-bond acceptors (Lipinski definition) is 4. The molecule has 0 spiro atoms. The standard InChI is InChI=1S/C13H16N4O2/c1-2-16(10-13(18)19)9-11-8-14-17(15-11)12-6-4-3-5-7-12/h3-8H,2,9-10H2,1H3,(H,18,19). The molecule has 0 atom stereocenters. The van der Waals surface area contributed by atoms with Gasteiger partial charge in [0.05, 0.1) is 24.1 Å². The van der Waals surface area contributed by atoms with Gasteiger partial charge < -0.3 is 5.11 Å². The number of nitrogens with zero attached hydrogens (tertiary/aromatic N) is 4. The monoisotopic (exact) mass is 260 g/mol. The molecule has 1 N–H and O–H groups in total. The third-order valence-corrected chi connectivity index (χ3v) is 2.72. The van der Waals surface area contributed by atoms with E-state index in [1.807, 2.05) is 37.3 Å². The van der Waals surface area contributed by atoms with Gasteiger partial charge in [-0.2, -0.15) is 15.0 Å². The molecule has 0 aliphatic heterocycles. The van der Waals surface area contributed by atoms with Crippen LogP contribution in [0.3, 0.4) is 0 Å². The van der Waals surface area contributed by atoms with Gasteiger partial charge in [-0.25, -0.2) is 0 Å². The van der Waals surface area contributed by atoms with E-state index in [2.05, 4.69) is 10.2 Å². The van der Waals surface area contributed by atoms with Gasteiger partial charge in [-0.05, 0) is 18.7 Å². The largest absolute Gasteiger partial charge is 0.480 e. The summed E-state index contributed by atoms with van der Waals surface area (Å²) in [5, 5.41) is 17.3. The lowest BCUT2D eigenvalue weighted by molar-refractivity contribution is -0.138. The highest BCUT2D eigenvalue weighted by atomic mass is 16.4.